The molecule has 0 aliphatic carbocycles. The first-order valence-electron chi connectivity index (χ1n) is 10.4. The van der Waals surface area contributed by atoms with Crippen LogP contribution in [-0.4, -0.2) is 49.6 Å². The van der Waals surface area contributed by atoms with Gasteiger partial charge in [0.1, 0.15) is 5.75 Å². The number of hydrogen-bond donors (Lipinski definition) is 2. The Morgan fingerprint density at radius 2 is 2.07 bits per heavy atom. The smallest absolute Gasteiger partial charge is 0.191 e. The minimum absolute atomic E-state index is 0.290. The molecule has 0 spiro atoms. The number of benzene rings is 1. The van der Waals surface area contributed by atoms with Gasteiger partial charge in [-0.2, -0.15) is 0 Å². The van der Waals surface area contributed by atoms with Crippen molar-refractivity contribution in [3.63, 3.8) is 0 Å². The molecule has 0 radical (unpaired) electrons. The van der Waals surface area contributed by atoms with Crippen LogP contribution in [0.5, 0.6) is 5.75 Å². The second-order valence-electron chi connectivity index (χ2n) is 7.67. The molecule has 0 saturated carbocycles. The van der Waals surface area contributed by atoms with Crippen molar-refractivity contribution < 1.29 is 4.74 Å². The van der Waals surface area contributed by atoms with Crippen molar-refractivity contribution in [2.45, 2.75) is 45.2 Å². The third kappa shape index (κ3) is 5.93. The number of methoxy groups -OCH3 is 1. The normalized spacial score (nSPS) is 16.2. The average molecular weight is 416 g/mol. The number of aromatic nitrogens is 1. The van der Waals surface area contributed by atoms with Crippen molar-refractivity contribution in [2.24, 2.45) is 4.99 Å². The predicted octanol–water partition coefficient (Wildman–Crippen LogP) is 3.78. The van der Waals surface area contributed by atoms with Crippen LogP contribution in [0.4, 0.5) is 0 Å². The number of likely N-dealkylation sites (tertiary alicyclic amines) is 1. The summed E-state index contributed by atoms with van der Waals surface area (Å²) in [5, 5.41) is 10.2. The van der Waals surface area contributed by atoms with E-state index in [0.717, 1.165) is 37.0 Å². The molecule has 1 aliphatic rings. The summed E-state index contributed by atoms with van der Waals surface area (Å²) >= 11 is 1.72. The summed E-state index contributed by atoms with van der Waals surface area (Å²) in [6, 6.07) is 8.68. The molecule has 7 heteroatoms. The van der Waals surface area contributed by atoms with E-state index >= 15 is 0 Å². The summed E-state index contributed by atoms with van der Waals surface area (Å²) in [7, 11) is 3.53. The van der Waals surface area contributed by atoms with Crippen LogP contribution in [-0.2, 0) is 6.54 Å². The van der Waals surface area contributed by atoms with Crippen molar-refractivity contribution in [3.8, 4) is 5.75 Å². The number of guanidine groups is 1. The molecule has 6 nitrogen and oxygen atoms in total. The van der Waals surface area contributed by atoms with Crippen LogP contribution in [0.1, 0.15) is 54.9 Å². The standard InChI is InChI=1S/C22H33N5OS/c1-16(2)21-26-18(15-29-21)13-24-22(23-3)25-14-20(27-10-5-6-11-27)17-8-7-9-19(12-17)28-4/h7-9,12,15-16,20H,5-6,10-11,13-14H2,1-4H3,(H2,23,24,25). The second kappa shape index (κ2) is 10.6. The molecule has 2 N–H and O–H groups in total. The van der Waals surface area contributed by atoms with Crippen molar-refractivity contribution in [3.05, 3.63) is 45.9 Å². The Hall–Kier alpha value is -2.12. The van der Waals surface area contributed by atoms with Gasteiger partial charge < -0.3 is 15.4 Å². The first kappa shape index (κ1) is 21.6. The number of nitrogens with zero attached hydrogens (tertiary/aromatic N) is 3. The fourth-order valence-electron chi connectivity index (χ4n) is 3.62. The number of aliphatic imine (C=N–C) groups is 1. The third-order valence-electron chi connectivity index (χ3n) is 5.25. The largest absolute Gasteiger partial charge is 0.497 e. The molecule has 1 aromatic heterocycles. The molecule has 1 unspecified atom stereocenters. The average Bonchev–Trinajstić information content (AvgIpc) is 3.43. The number of ether oxygens (including phenoxy) is 1. The molecule has 0 amide bonds. The third-order valence-corrected chi connectivity index (χ3v) is 6.44. The van der Waals surface area contributed by atoms with Crippen LogP contribution in [0.25, 0.3) is 0 Å². The second-order valence-corrected chi connectivity index (χ2v) is 8.56. The Bertz CT molecular complexity index is 798. The lowest BCUT2D eigenvalue weighted by atomic mass is 10.1. The fourth-order valence-corrected chi connectivity index (χ4v) is 4.45. The maximum absolute atomic E-state index is 5.44. The van der Waals surface area contributed by atoms with Gasteiger partial charge in [0, 0.05) is 24.9 Å². The van der Waals surface area contributed by atoms with E-state index in [4.69, 9.17) is 9.72 Å². The van der Waals surface area contributed by atoms with Gasteiger partial charge in [-0.1, -0.05) is 26.0 Å². The van der Waals surface area contributed by atoms with Crippen molar-refractivity contribution in [1.29, 1.82) is 0 Å². The zero-order chi connectivity index (χ0) is 20.6. The maximum Gasteiger partial charge on any atom is 0.191 e. The molecule has 3 rings (SSSR count). The molecule has 1 atom stereocenters. The topological polar surface area (TPSA) is 61.8 Å². The van der Waals surface area contributed by atoms with Gasteiger partial charge in [-0.25, -0.2) is 4.98 Å². The molecule has 1 saturated heterocycles. The Labute approximate surface area is 178 Å². The number of hydrogen-bond acceptors (Lipinski definition) is 5. The van der Waals surface area contributed by atoms with Crippen LogP contribution < -0.4 is 15.4 Å². The molecule has 2 aromatic rings. The maximum atomic E-state index is 5.44. The lowest BCUT2D eigenvalue weighted by Gasteiger charge is -2.29. The lowest BCUT2D eigenvalue weighted by molar-refractivity contribution is 0.245. The van der Waals surface area contributed by atoms with Gasteiger partial charge in [0.2, 0.25) is 0 Å². The van der Waals surface area contributed by atoms with E-state index in [1.54, 1.807) is 18.4 Å². The number of rotatable bonds is 8. The zero-order valence-corrected chi connectivity index (χ0v) is 18.8. The molecule has 29 heavy (non-hydrogen) atoms. The van der Waals surface area contributed by atoms with E-state index in [9.17, 15) is 0 Å². The van der Waals surface area contributed by atoms with E-state index in [2.05, 4.69) is 58.0 Å². The van der Waals surface area contributed by atoms with Gasteiger partial charge in [0.15, 0.2) is 5.96 Å². The molecular formula is C22H33N5OS. The van der Waals surface area contributed by atoms with E-state index in [1.165, 1.54) is 23.4 Å². The highest BCUT2D eigenvalue weighted by molar-refractivity contribution is 7.09. The predicted molar refractivity (Wildman–Crippen MR) is 121 cm³/mol. The highest BCUT2D eigenvalue weighted by Crippen LogP contribution is 2.27. The molecule has 1 aromatic carbocycles. The van der Waals surface area contributed by atoms with Crippen LogP contribution in [0.15, 0.2) is 34.6 Å². The number of nitrogens with one attached hydrogen (secondary N) is 2. The zero-order valence-electron chi connectivity index (χ0n) is 17.9. The molecular weight excluding hydrogens is 382 g/mol. The summed E-state index contributed by atoms with van der Waals surface area (Å²) in [6.45, 7) is 8.08. The molecule has 1 fully saturated rings. The van der Waals surface area contributed by atoms with Gasteiger partial charge in [-0.05, 0) is 43.6 Å². The van der Waals surface area contributed by atoms with Crippen molar-refractivity contribution in [1.82, 2.24) is 20.5 Å². The Kier molecular flexibility index (Phi) is 7.89. The molecule has 158 valence electrons. The summed E-state index contributed by atoms with van der Waals surface area (Å²) in [5.74, 6) is 2.17. The van der Waals surface area contributed by atoms with Gasteiger partial charge >= 0.3 is 0 Å². The number of thiazole rings is 1. The minimum atomic E-state index is 0.290. The van der Waals surface area contributed by atoms with E-state index in [-0.39, 0.29) is 6.04 Å². The van der Waals surface area contributed by atoms with Crippen LogP contribution in [0, 0.1) is 0 Å². The summed E-state index contributed by atoms with van der Waals surface area (Å²) in [6.07, 6.45) is 2.52. The first-order valence-corrected chi connectivity index (χ1v) is 11.3. The first-order chi connectivity index (χ1) is 14.1. The van der Waals surface area contributed by atoms with Crippen molar-refractivity contribution in [2.75, 3.05) is 33.8 Å². The minimum Gasteiger partial charge on any atom is -0.497 e. The van der Waals surface area contributed by atoms with Crippen LogP contribution >= 0.6 is 11.3 Å². The summed E-state index contributed by atoms with van der Waals surface area (Å²) in [5.41, 5.74) is 2.33. The monoisotopic (exact) mass is 415 g/mol. The van der Waals surface area contributed by atoms with Gasteiger partial charge in [0.25, 0.3) is 0 Å². The quantitative estimate of drug-likeness (QED) is 0.508. The molecule has 1 aliphatic heterocycles. The van der Waals surface area contributed by atoms with Crippen LogP contribution in [0.2, 0.25) is 0 Å². The van der Waals surface area contributed by atoms with E-state index < -0.39 is 0 Å². The van der Waals surface area contributed by atoms with E-state index in [0.29, 0.717) is 12.5 Å². The Morgan fingerprint density at radius 3 is 2.72 bits per heavy atom. The van der Waals surface area contributed by atoms with E-state index in [1.807, 2.05) is 13.1 Å². The van der Waals surface area contributed by atoms with Crippen molar-refractivity contribution >= 4 is 17.3 Å². The van der Waals surface area contributed by atoms with Crippen LogP contribution in [0.3, 0.4) is 0 Å². The highest BCUT2D eigenvalue weighted by atomic mass is 32.1. The lowest BCUT2D eigenvalue weighted by Crippen LogP contribution is -2.42. The van der Waals surface area contributed by atoms with Gasteiger partial charge in [-0.3, -0.25) is 9.89 Å². The molecule has 2 heterocycles. The highest BCUT2D eigenvalue weighted by Gasteiger charge is 2.24. The van der Waals surface area contributed by atoms with Gasteiger partial charge in [0.05, 0.1) is 30.4 Å². The summed E-state index contributed by atoms with van der Waals surface area (Å²) < 4.78 is 5.44. The molecule has 0 bridgehead atoms. The van der Waals surface area contributed by atoms with Gasteiger partial charge in [-0.15, -0.1) is 11.3 Å². The fraction of sp³-hybridized carbons (Fsp3) is 0.545. The Balaban J connectivity index is 1.62. The Morgan fingerprint density at radius 1 is 1.28 bits per heavy atom. The SMILES string of the molecule is CN=C(NCc1csc(C(C)C)n1)NCC(c1cccc(OC)c1)N1CCCC1. The summed E-state index contributed by atoms with van der Waals surface area (Å²) in [4.78, 5) is 11.6.